The third-order valence-corrected chi connectivity index (χ3v) is 4.77. The van der Waals surface area contributed by atoms with Gasteiger partial charge in [-0.05, 0) is 44.9 Å². The Kier molecular flexibility index (Phi) is 5.50. The minimum atomic E-state index is 0.289. The molecule has 2 unspecified atom stereocenters. The first-order valence-electron chi connectivity index (χ1n) is 8.18. The number of nitrogens with one attached hydrogen (secondary N) is 1. The molecule has 1 heterocycles. The maximum Gasteiger partial charge on any atom is 0.0697 e. The van der Waals surface area contributed by atoms with E-state index in [4.69, 9.17) is 4.74 Å². The molecule has 2 atom stereocenters. The van der Waals surface area contributed by atoms with Crippen LogP contribution in [0.25, 0.3) is 0 Å². The second kappa shape index (κ2) is 6.91. The van der Waals surface area contributed by atoms with Crippen molar-refractivity contribution in [2.75, 3.05) is 6.61 Å². The molecule has 1 aliphatic carbocycles. The summed E-state index contributed by atoms with van der Waals surface area (Å²) in [5, 5.41) is 3.94. The Balaban J connectivity index is 1.78. The van der Waals surface area contributed by atoms with E-state index in [1.54, 1.807) is 0 Å². The average Bonchev–Trinajstić information content (AvgIpc) is 2.35. The van der Waals surface area contributed by atoms with Crippen molar-refractivity contribution in [1.29, 1.82) is 0 Å². The number of rotatable bonds is 7. The molecule has 0 bridgehead atoms. The highest BCUT2D eigenvalue weighted by Crippen LogP contribution is 2.42. The largest absolute Gasteiger partial charge is 0.375 e. The van der Waals surface area contributed by atoms with E-state index in [1.807, 2.05) is 0 Å². The first-order valence-corrected chi connectivity index (χ1v) is 8.18. The van der Waals surface area contributed by atoms with E-state index < -0.39 is 0 Å². The van der Waals surface area contributed by atoms with Crippen molar-refractivity contribution in [3.63, 3.8) is 0 Å². The summed E-state index contributed by atoms with van der Waals surface area (Å²) in [6.07, 6.45) is 13.1. The molecule has 0 aromatic rings. The quantitative estimate of drug-likeness (QED) is 0.739. The van der Waals surface area contributed by atoms with Crippen molar-refractivity contribution < 1.29 is 4.74 Å². The minimum absolute atomic E-state index is 0.289. The number of hydrogen-bond acceptors (Lipinski definition) is 2. The van der Waals surface area contributed by atoms with Crippen LogP contribution in [0.5, 0.6) is 0 Å². The second-order valence-electron chi connectivity index (χ2n) is 6.37. The van der Waals surface area contributed by atoms with Gasteiger partial charge in [0.1, 0.15) is 0 Å². The summed E-state index contributed by atoms with van der Waals surface area (Å²) in [4.78, 5) is 0. The van der Waals surface area contributed by atoms with E-state index in [-0.39, 0.29) is 5.60 Å². The average molecular weight is 253 g/mol. The van der Waals surface area contributed by atoms with E-state index in [2.05, 4.69) is 19.2 Å². The van der Waals surface area contributed by atoms with E-state index in [9.17, 15) is 0 Å². The Morgan fingerprint density at radius 1 is 1.22 bits per heavy atom. The smallest absolute Gasteiger partial charge is 0.0697 e. The van der Waals surface area contributed by atoms with Crippen LogP contribution in [-0.2, 0) is 4.74 Å². The molecule has 18 heavy (non-hydrogen) atoms. The van der Waals surface area contributed by atoms with Crippen molar-refractivity contribution in [1.82, 2.24) is 5.32 Å². The Bertz CT molecular complexity index is 237. The van der Waals surface area contributed by atoms with Crippen LogP contribution >= 0.6 is 0 Å². The van der Waals surface area contributed by atoms with E-state index in [1.165, 1.54) is 64.2 Å². The third-order valence-electron chi connectivity index (χ3n) is 4.77. The third kappa shape index (κ3) is 3.71. The van der Waals surface area contributed by atoms with Gasteiger partial charge in [-0.25, -0.2) is 0 Å². The second-order valence-corrected chi connectivity index (χ2v) is 6.37. The van der Waals surface area contributed by atoms with Crippen molar-refractivity contribution in [3.05, 3.63) is 0 Å². The lowest BCUT2D eigenvalue weighted by molar-refractivity contribution is -0.136. The number of unbranched alkanes of at least 4 members (excludes halogenated alkanes) is 1. The lowest BCUT2D eigenvalue weighted by Gasteiger charge is -2.48. The van der Waals surface area contributed by atoms with Gasteiger partial charge in [0.05, 0.1) is 5.60 Å². The molecule has 2 rings (SSSR count). The van der Waals surface area contributed by atoms with Gasteiger partial charge in [-0.3, -0.25) is 0 Å². The fourth-order valence-electron chi connectivity index (χ4n) is 3.53. The fourth-order valence-corrected chi connectivity index (χ4v) is 3.53. The zero-order chi connectivity index (χ0) is 12.8. The molecule has 2 heteroatoms. The Labute approximate surface area is 113 Å². The molecule has 106 valence electrons. The van der Waals surface area contributed by atoms with Gasteiger partial charge in [0.25, 0.3) is 0 Å². The summed E-state index contributed by atoms with van der Waals surface area (Å²) in [7, 11) is 0. The number of hydrogen-bond donors (Lipinski definition) is 1. The van der Waals surface area contributed by atoms with Gasteiger partial charge >= 0.3 is 0 Å². The van der Waals surface area contributed by atoms with Crippen molar-refractivity contribution in [2.45, 2.75) is 95.7 Å². The highest BCUT2D eigenvalue weighted by molar-refractivity contribution is 4.96. The highest BCUT2D eigenvalue weighted by Gasteiger charge is 2.42. The van der Waals surface area contributed by atoms with Gasteiger partial charge < -0.3 is 10.1 Å². The fraction of sp³-hybridized carbons (Fsp3) is 1.00. The predicted molar refractivity (Wildman–Crippen MR) is 76.9 cm³/mol. The molecular formula is C16H31NO. The molecule has 0 aromatic carbocycles. The summed E-state index contributed by atoms with van der Waals surface area (Å²) in [5.74, 6) is 0. The van der Waals surface area contributed by atoms with Crippen LogP contribution in [0.15, 0.2) is 0 Å². The van der Waals surface area contributed by atoms with Gasteiger partial charge in [-0.15, -0.1) is 0 Å². The summed E-state index contributed by atoms with van der Waals surface area (Å²) in [6.45, 7) is 5.57. The van der Waals surface area contributed by atoms with Crippen LogP contribution in [0.2, 0.25) is 0 Å². The van der Waals surface area contributed by atoms with Crippen LogP contribution in [0.1, 0.15) is 78.1 Å². The Morgan fingerprint density at radius 2 is 2.06 bits per heavy atom. The standard InChI is InChI=1S/C16H31NO/c1-3-5-8-14(7-4-2)17-15-9-12-18-16(13-15)10-6-11-16/h14-15,17H,3-13H2,1-2H3. The first-order chi connectivity index (χ1) is 8.78. The topological polar surface area (TPSA) is 21.3 Å². The number of ether oxygens (including phenoxy) is 1. The summed E-state index contributed by atoms with van der Waals surface area (Å²) < 4.78 is 6.01. The minimum Gasteiger partial charge on any atom is -0.375 e. The summed E-state index contributed by atoms with van der Waals surface area (Å²) in [5.41, 5.74) is 0.289. The van der Waals surface area contributed by atoms with Gasteiger partial charge in [0.15, 0.2) is 0 Å². The normalized spacial score (nSPS) is 28.0. The zero-order valence-electron chi connectivity index (χ0n) is 12.3. The lowest BCUT2D eigenvalue weighted by Crippen LogP contribution is -2.52. The summed E-state index contributed by atoms with van der Waals surface area (Å²) >= 11 is 0. The molecule has 2 nitrogen and oxygen atoms in total. The van der Waals surface area contributed by atoms with Gasteiger partial charge in [-0.2, -0.15) is 0 Å². The highest BCUT2D eigenvalue weighted by atomic mass is 16.5. The van der Waals surface area contributed by atoms with Crippen molar-refractivity contribution in [2.24, 2.45) is 0 Å². The molecule has 1 aliphatic heterocycles. The van der Waals surface area contributed by atoms with Crippen LogP contribution in [0.3, 0.4) is 0 Å². The summed E-state index contributed by atoms with van der Waals surface area (Å²) in [6, 6.07) is 1.46. The molecule has 2 aliphatic rings. The molecule has 0 radical (unpaired) electrons. The van der Waals surface area contributed by atoms with E-state index >= 15 is 0 Å². The molecule has 0 aromatic heterocycles. The van der Waals surface area contributed by atoms with Gasteiger partial charge in [0.2, 0.25) is 0 Å². The van der Waals surface area contributed by atoms with Crippen LogP contribution in [0, 0.1) is 0 Å². The molecule has 2 fully saturated rings. The maximum absolute atomic E-state index is 6.01. The van der Waals surface area contributed by atoms with Crippen molar-refractivity contribution >= 4 is 0 Å². The monoisotopic (exact) mass is 253 g/mol. The lowest BCUT2D eigenvalue weighted by atomic mass is 9.74. The maximum atomic E-state index is 6.01. The van der Waals surface area contributed by atoms with Crippen LogP contribution < -0.4 is 5.32 Å². The molecule has 1 spiro atoms. The molecule has 1 saturated heterocycles. The van der Waals surface area contributed by atoms with Gasteiger partial charge in [-0.1, -0.05) is 33.1 Å². The van der Waals surface area contributed by atoms with Crippen molar-refractivity contribution in [3.8, 4) is 0 Å². The van der Waals surface area contributed by atoms with Gasteiger partial charge in [0, 0.05) is 18.7 Å². The Hall–Kier alpha value is -0.0800. The first kappa shape index (κ1) is 14.3. The predicted octanol–water partition coefficient (Wildman–Crippen LogP) is 4.04. The molecular weight excluding hydrogens is 222 g/mol. The molecule has 1 N–H and O–H groups in total. The van der Waals surface area contributed by atoms with E-state index in [0.29, 0.717) is 6.04 Å². The van der Waals surface area contributed by atoms with Crippen LogP contribution in [0.4, 0.5) is 0 Å². The Morgan fingerprint density at radius 3 is 2.67 bits per heavy atom. The zero-order valence-corrected chi connectivity index (χ0v) is 12.3. The SMILES string of the molecule is CCCCC(CCC)NC1CCOC2(CCC2)C1. The molecule has 1 saturated carbocycles. The van der Waals surface area contributed by atoms with Crippen LogP contribution in [-0.4, -0.2) is 24.3 Å². The molecule has 0 amide bonds. The van der Waals surface area contributed by atoms with E-state index in [0.717, 1.165) is 12.6 Å².